The number of anilines is 1. The van der Waals surface area contributed by atoms with Gasteiger partial charge in [-0.1, -0.05) is 0 Å². The maximum absolute atomic E-state index is 12.9. The number of carbonyl (C=O) groups is 1. The summed E-state index contributed by atoms with van der Waals surface area (Å²) in [7, 11) is 0. The molecule has 1 aromatic heterocycles. The van der Waals surface area contributed by atoms with Gasteiger partial charge in [0.2, 0.25) is 5.91 Å². The van der Waals surface area contributed by atoms with Crippen molar-refractivity contribution in [2.45, 2.75) is 13.0 Å². The van der Waals surface area contributed by atoms with Gasteiger partial charge in [-0.3, -0.25) is 14.6 Å². The van der Waals surface area contributed by atoms with Gasteiger partial charge in [0, 0.05) is 31.2 Å². The minimum Gasteiger partial charge on any atom is -0.348 e. The van der Waals surface area contributed by atoms with Crippen molar-refractivity contribution in [1.82, 2.24) is 19.8 Å². The highest BCUT2D eigenvalue weighted by atomic mass is 19.1. The Morgan fingerprint density at radius 3 is 2.67 bits per heavy atom. The molecule has 1 amide bonds. The summed E-state index contributed by atoms with van der Waals surface area (Å²) in [6, 6.07) is 5.82. The second kappa shape index (κ2) is 8.03. The van der Waals surface area contributed by atoms with Crippen LogP contribution in [0.25, 0.3) is 0 Å². The predicted octanol–water partition coefficient (Wildman–Crippen LogP) is 1.70. The fourth-order valence-corrected chi connectivity index (χ4v) is 2.87. The lowest BCUT2D eigenvalue weighted by atomic mass is 10.3. The molecular weight excluding hydrogens is 309 g/mol. The lowest BCUT2D eigenvalue weighted by Gasteiger charge is -2.20. The van der Waals surface area contributed by atoms with Gasteiger partial charge in [0.1, 0.15) is 11.6 Å². The number of imidazole rings is 1. The van der Waals surface area contributed by atoms with Crippen molar-refractivity contribution < 1.29 is 9.18 Å². The molecule has 0 unspecified atom stereocenters. The van der Waals surface area contributed by atoms with Gasteiger partial charge in [0.15, 0.2) is 0 Å². The van der Waals surface area contributed by atoms with Crippen molar-refractivity contribution in [3.63, 3.8) is 0 Å². The molecule has 0 bridgehead atoms. The maximum atomic E-state index is 12.9. The normalized spacial score (nSPS) is 16.7. The molecule has 2 aromatic rings. The van der Waals surface area contributed by atoms with Crippen LogP contribution >= 0.6 is 0 Å². The smallest absolute Gasteiger partial charge is 0.238 e. The molecule has 0 spiro atoms. The van der Waals surface area contributed by atoms with Crippen LogP contribution in [-0.2, 0) is 11.3 Å². The van der Waals surface area contributed by atoms with Crippen molar-refractivity contribution in [2.75, 3.05) is 38.0 Å². The first-order valence-corrected chi connectivity index (χ1v) is 8.17. The summed E-state index contributed by atoms with van der Waals surface area (Å²) < 4.78 is 12.9. The fourth-order valence-electron chi connectivity index (χ4n) is 2.87. The minimum absolute atomic E-state index is 0.0684. The van der Waals surface area contributed by atoms with Crippen molar-refractivity contribution in [2.24, 2.45) is 0 Å². The van der Waals surface area contributed by atoms with Crippen molar-refractivity contribution >= 4 is 11.6 Å². The Morgan fingerprint density at radius 1 is 1.17 bits per heavy atom. The topological polar surface area (TPSA) is 64.3 Å². The Bertz CT molecular complexity index is 644. The molecule has 7 heteroatoms. The lowest BCUT2D eigenvalue weighted by molar-refractivity contribution is -0.117. The Labute approximate surface area is 140 Å². The zero-order valence-electron chi connectivity index (χ0n) is 13.5. The van der Waals surface area contributed by atoms with Crippen LogP contribution in [0.5, 0.6) is 0 Å². The Hall–Kier alpha value is -2.25. The van der Waals surface area contributed by atoms with E-state index >= 15 is 0 Å². The molecule has 1 fully saturated rings. The Kier molecular flexibility index (Phi) is 5.55. The van der Waals surface area contributed by atoms with E-state index in [0.29, 0.717) is 12.2 Å². The van der Waals surface area contributed by atoms with Crippen LogP contribution in [0.15, 0.2) is 36.7 Å². The van der Waals surface area contributed by atoms with Crippen molar-refractivity contribution in [3.05, 3.63) is 48.3 Å². The third-order valence-electron chi connectivity index (χ3n) is 4.10. The number of nitrogens with zero attached hydrogens (tertiary/aromatic N) is 3. The van der Waals surface area contributed by atoms with Crippen LogP contribution in [0.1, 0.15) is 12.2 Å². The number of H-pyrrole nitrogens is 1. The summed E-state index contributed by atoms with van der Waals surface area (Å²) in [6.45, 7) is 4.80. The van der Waals surface area contributed by atoms with Crippen LogP contribution in [0.3, 0.4) is 0 Å². The van der Waals surface area contributed by atoms with E-state index in [9.17, 15) is 9.18 Å². The molecule has 2 N–H and O–H groups in total. The monoisotopic (exact) mass is 331 g/mol. The van der Waals surface area contributed by atoms with Gasteiger partial charge in [0.05, 0.1) is 13.1 Å². The van der Waals surface area contributed by atoms with E-state index in [2.05, 4.69) is 25.1 Å². The number of hydrogen-bond acceptors (Lipinski definition) is 4. The molecule has 2 heterocycles. The van der Waals surface area contributed by atoms with Gasteiger partial charge in [0.25, 0.3) is 0 Å². The van der Waals surface area contributed by atoms with E-state index in [1.807, 2.05) is 6.20 Å². The molecule has 0 radical (unpaired) electrons. The summed E-state index contributed by atoms with van der Waals surface area (Å²) in [6.07, 6.45) is 4.61. The zero-order valence-corrected chi connectivity index (χ0v) is 13.5. The van der Waals surface area contributed by atoms with Crippen molar-refractivity contribution in [1.29, 1.82) is 0 Å². The summed E-state index contributed by atoms with van der Waals surface area (Å²) in [5.74, 6) is 0.593. The number of aromatic nitrogens is 2. The third kappa shape index (κ3) is 4.87. The van der Waals surface area contributed by atoms with Gasteiger partial charge < -0.3 is 10.3 Å². The summed E-state index contributed by atoms with van der Waals surface area (Å²) >= 11 is 0. The molecule has 24 heavy (non-hydrogen) atoms. The molecular formula is C17H22FN5O. The largest absolute Gasteiger partial charge is 0.348 e. The molecule has 1 saturated heterocycles. The Balaban J connectivity index is 1.45. The van der Waals surface area contributed by atoms with Crippen LogP contribution in [0, 0.1) is 5.82 Å². The SMILES string of the molecule is O=C(CN1CCCN(Cc2ncc[nH]2)CC1)Nc1ccc(F)cc1. The first-order chi connectivity index (χ1) is 11.7. The number of nitrogens with one attached hydrogen (secondary N) is 2. The molecule has 1 aliphatic rings. The summed E-state index contributed by atoms with van der Waals surface area (Å²) in [4.78, 5) is 24.0. The average Bonchev–Trinajstić information content (AvgIpc) is 2.97. The van der Waals surface area contributed by atoms with Gasteiger partial charge >= 0.3 is 0 Å². The van der Waals surface area contributed by atoms with Crippen LogP contribution in [0.4, 0.5) is 10.1 Å². The minimum atomic E-state index is -0.308. The standard InChI is InChI=1S/C17H22FN5O/c18-14-2-4-15(5-3-14)21-17(24)13-23-9-1-8-22(10-11-23)12-16-19-6-7-20-16/h2-7H,1,8-13H2,(H,19,20)(H,21,24). The van der Waals surface area contributed by atoms with Crippen LogP contribution in [0.2, 0.25) is 0 Å². The number of amides is 1. The van der Waals surface area contributed by atoms with Crippen molar-refractivity contribution in [3.8, 4) is 0 Å². The molecule has 0 atom stereocenters. The summed E-state index contributed by atoms with van der Waals surface area (Å²) in [5.41, 5.74) is 0.621. The van der Waals surface area contributed by atoms with E-state index in [4.69, 9.17) is 0 Å². The van der Waals surface area contributed by atoms with E-state index in [-0.39, 0.29) is 11.7 Å². The quantitative estimate of drug-likeness (QED) is 0.875. The van der Waals surface area contributed by atoms with E-state index in [1.165, 1.54) is 12.1 Å². The molecule has 1 aliphatic heterocycles. The number of aromatic amines is 1. The summed E-state index contributed by atoms with van der Waals surface area (Å²) in [5, 5.41) is 2.81. The van der Waals surface area contributed by atoms with Crippen LogP contribution in [-0.4, -0.2) is 58.4 Å². The molecule has 6 nitrogen and oxygen atoms in total. The number of benzene rings is 1. The second-order valence-corrected chi connectivity index (χ2v) is 6.00. The van der Waals surface area contributed by atoms with E-state index < -0.39 is 0 Å². The van der Waals surface area contributed by atoms with Gasteiger partial charge in [-0.25, -0.2) is 9.37 Å². The number of halogens is 1. The highest BCUT2D eigenvalue weighted by Gasteiger charge is 2.17. The van der Waals surface area contributed by atoms with Gasteiger partial charge in [-0.05, 0) is 43.8 Å². The second-order valence-electron chi connectivity index (χ2n) is 6.00. The first kappa shape index (κ1) is 16.6. The highest BCUT2D eigenvalue weighted by molar-refractivity contribution is 5.92. The average molecular weight is 331 g/mol. The number of carbonyl (C=O) groups excluding carboxylic acids is 1. The first-order valence-electron chi connectivity index (χ1n) is 8.17. The molecule has 128 valence electrons. The zero-order chi connectivity index (χ0) is 16.8. The van der Waals surface area contributed by atoms with Crippen LogP contribution < -0.4 is 5.32 Å². The number of hydrogen-bond donors (Lipinski definition) is 2. The van der Waals surface area contributed by atoms with E-state index in [0.717, 1.165) is 45.0 Å². The lowest BCUT2D eigenvalue weighted by Crippen LogP contribution is -2.36. The molecule has 0 aliphatic carbocycles. The molecule has 3 rings (SSSR count). The predicted molar refractivity (Wildman–Crippen MR) is 90.0 cm³/mol. The molecule has 0 saturated carbocycles. The Morgan fingerprint density at radius 2 is 1.92 bits per heavy atom. The maximum Gasteiger partial charge on any atom is 0.238 e. The van der Waals surface area contributed by atoms with E-state index in [1.54, 1.807) is 18.3 Å². The van der Waals surface area contributed by atoms with Gasteiger partial charge in [-0.15, -0.1) is 0 Å². The number of rotatable bonds is 5. The van der Waals surface area contributed by atoms with Gasteiger partial charge in [-0.2, -0.15) is 0 Å². The fraction of sp³-hybridized carbons (Fsp3) is 0.412. The highest BCUT2D eigenvalue weighted by Crippen LogP contribution is 2.09. The molecule has 1 aromatic carbocycles. The third-order valence-corrected chi connectivity index (χ3v) is 4.10.